The molecule has 2 aliphatic rings. The average molecular weight is 286 g/mol. The van der Waals surface area contributed by atoms with Gasteiger partial charge in [0.2, 0.25) is 5.91 Å². The maximum atomic E-state index is 12.2. The monoisotopic (exact) mass is 286 g/mol. The van der Waals surface area contributed by atoms with Gasteiger partial charge < -0.3 is 10.1 Å². The summed E-state index contributed by atoms with van der Waals surface area (Å²) < 4.78 is 5.52. The summed E-state index contributed by atoms with van der Waals surface area (Å²) in [6.45, 7) is 2.96. The van der Waals surface area contributed by atoms with Crippen LogP contribution in [-0.2, 0) is 14.9 Å². The molecule has 0 aliphatic carbocycles. The molecule has 0 saturated carbocycles. The zero-order valence-electron chi connectivity index (χ0n) is 12.2. The largest absolute Gasteiger partial charge is 0.381 e. The van der Waals surface area contributed by atoms with Gasteiger partial charge in [0.15, 0.2) is 0 Å². The van der Waals surface area contributed by atoms with Gasteiger partial charge >= 0.3 is 0 Å². The number of carbonyl (C=O) groups excluding carboxylic acids is 1. The molecule has 0 radical (unpaired) electrons. The van der Waals surface area contributed by atoms with E-state index < -0.39 is 0 Å². The fourth-order valence-corrected chi connectivity index (χ4v) is 3.13. The van der Waals surface area contributed by atoms with E-state index in [1.807, 2.05) is 18.2 Å². The van der Waals surface area contributed by atoms with Crippen molar-refractivity contribution in [2.45, 2.75) is 24.3 Å². The summed E-state index contributed by atoms with van der Waals surface area (Å²) in [7, 11) is 0. The number of amides is 1. The third-order valence-corrected chi connectivity index (χ3v) is 4.50. The van der Waals surface area contributed by atoms with Gasteiger partial charge in [-0.1, -0.05) is 42.5 Å². The Hall–Kier alpha value is -1.65. The number of carbonyl (C=O) groups is 1. The smallest absolute Gasteiger partial charge is 0.241 e. The zero-order chi connectivity index (χ0) is 14.5. The molecule has 2 heterocycles. The van der Waals surface area contributed by atoms with Crippen LogP contribution >= 0.6 is 0 Å². The lowest BCUT2D eigenvalue weighted by molar-refractivity contribution is -0.122. The Morgan fingerprint density at radius 1 is 1.29 bits per heavy atom. The third-order valence-electron chi connectivity index (χ3n) is 4.50. The van der Waals surface area contributed by atoms with Gasteiger partial charge in [-0.25, -0.2) is 0 Å². The van der Waals surface area contributed by atoms with Crippen LogP contribution in [-0.4, -0.2) is 38.3 Å². The van der Waals surface area contributed by atoms with E-state index in [0.717, 1.165) is 32.6 Å². The summed E-state index contributed by atoms with van der Waals surface area (Å²) >= 11 is 0. The Bertz CT molecular complexity index is 507. The van der Waals surface area contributed by atoms with E-state index >= 15 is 0 Å². The zero-order valence-corrected chi connectivity index (χ0v) is 12.2. The Labute approximate surface area is 125 Å². The first kappa shape index (κ1) is 14.3. The van der Waals surface area contributed by atoms with Crippen molar-refractivity contribution < 1.29 is 9.53 Å². The molecule has 2 aliphatic heterocycles. The van der Waals surface area contributed by atoms with Crippen molar-refractivity contribution in [2.24, 2.45) is 0 Å². The highest BCUT2D eigenvalue weighted by Gasteiger charge is 2.35. The SMILES string of the molecule is O=C(NCC1(c2ccccc2)CCOCC1)[C@@H]1C=CCN1. The Morgan fingerprint density at radius 3 is 2.71 bits per heavy atom. The molecule has 0 bridgehead atoms. The van der Waals surface area contributed by atoms with Crippen LogP contribution in [0.1, 0.15) is 18.4 Å². The second-order valence-electron chi connectivity index (χ2n) is 5.79. The second kappa shape index (κ2) is 6.41. The molecule has 3 rings (SSSR count). The van der Waals surface area contributed by atoms with Gasteiger partial charge in [0.25, 0.3) is 0 Å². The summed E-state index contributed by atoms with van der Waals surface area (Å²) in [5.74, 6) is 0.0607. The molecular formula is C17H22N2O2. The van der Waals surface area contributed by atoms with Gasteiger partial charge in [0, 0.05) is 31.7 Å². The average Bonchev–Trinajstić information content (AvgIpc) is 3.09. The van der Waals surface area contributed by atoms with E-state index in [2.05, 4.69) is 34.9 Å². The fourth-order valence-electron chi connectivity index (χ4n) is 3.13. The van der Waals surface area contributed by atoms with Crippen molar-refractivity contribution in [3.63, 3.8) is 0 Å². The van der Waals surface area contributed by atoms with Crippen molar-refractivity contribution in [3.8, 4) is 0 Å². The Morgan fingerprint density at radius 2 is 2.05 bits per heavy atom. The van der Waals surface area contributed by atoms with E-state index in [-0.39, 0.29) is 17.4 Å². The highest BCUT2D eigenvalue weighted by atomic mass is 16.5. The molecule has 0 unspecified atom stereocenters. The molecule has 1 atom stereocenters. The predicted molar refractivity (Wildman–Crippen MR) is 82.1 cm³/mol. The third kappa shape index (κ3) is 3.17. The summed E-state index contributed by atoms with van der Waals surface area (Å²) in [5, 5.41) is 6.27. The highest BCUT2D eigenvalue weighted by molar-refractivity contribution is 5.84. The Balaban J connectivity index is 1.71. The minimum absolute atomic E-state index is 0.00249. The summed E-state index contributed by atoms with van der Waals surface area (Å²) in [5.41, 5.74) is 1.29. The van der Waals surface area contributed by atoms with Gasteiger partial charge in [-0.05, 0) is 18.4 Å². The van der Waals surface area contributed by atoms with Crippen molar-refractivity contribution in [3.05, 3.63) is 48.0 Å². The van der Waals surface area contributed by atoms with Gasteiger partial charge in [-0.2, -0.15) is 0 Å². The maximum Gasteiger partial charge on any atom is 0.241 e. The Kier molecular flexibility index (Phi) is 4.36. The number of hydrogen-bond donors (Lipinski definition) is 2. The number of hydrogen-bond acceptors (Lipinski definition) is 3. The van der Waals surface area contributed by atoms with Gasteiger partial charge in [-0.15, -0.1) is 0 Å². The summed E-state index contributed by atoms with van der Waals surface area (Å²) in [4.78, 5) is 12.2. The fraction of sp³-hybridized carbons (Fsp3) is 0.471. The molecule has 112 valence electrons. The van der Waals surface area contributed by atoms with Crippen LogP contribution in [0.25, 0.3) is 0 Å². The lowest BCUT2D eigenvalue weighted by Gasteiger charge is -2.38. The molecule has 0 spiro atoms. The first-order chi connectivity index (χ1) is 10.3. The van der Waals surface area contributed by atoms with Crippen LogP contribution in [0.15, 0.2) is 42.5 Å². The van der Waals surface area contributed by atoms with E-state index in [1.165, 1.54) is 5.56 Å². The first-order valence-electron chi connectivity index (χ1n) is 7.61. The van der Waals surface area contributed by atoms with E-state index in [1.54, 1.807) is 0 Å². The minimum Gasteiger partial charge on any atom is -0.381 e. The molecule has 1 amide bonds. The maximum absolute atomic E-state index is 12.2. The van der Waals surface area contributed by atoms with Crippen LogP contribution in [0.4, 0.5) is 0 Å². The molecule has 21 heavy (non-hydrogen) atoms. The molecule has 1 saturated heterocycles. The molecular weight excluding hydrogens is 264 g/mol. The van der Waals surface area contributed by atoms with Crippen LogP contribution in [0.3, 0.4) is 0 Å². The number of nitrogens with one attached hydrogen (secondary N) is 2. The van der Waals surface area contributed by atoms with Crippen molar-refractivity contribution in [2.75, 3.05) is 26.3 Å². The number of benzene rings is 1. The van der Waals surface area contributed by atoms with Crippen LogP contribution in [0.2, 0.25) is 0 Å². The summed E-state index contributed by atoms with van der Waals surface area (Å²) in [6, 6.07) is 10.3. The molecule has 4 nitrogen and oxygen atoms in total. The standard InChI is InChI=1S/C17H22N2O2/c20-16(15-7-4-10-18-15)19-13-17(8-11-21-12-9-17)14-5-2-1-3-6-14/h1-7,15,18H,8-13H2,(H,19,20)/t15-/m0/s1. The van der Waals surface area contributed by atoms with Gasteiger partial charge in [0.1, 0.15) is 6.04 Å². The van der Waals surface area contributed by atoms with E-state index in [9.17, 15) is 4.79 Å². The van der Waals surface area contributed by atoms with Gasteiger partial charge in [0.05, 0.1) is 0 Å². The highest BCUT2D eigenvalue weighted by Crippen LogP contribution is 2.34. The van der Waals surface area contributed by atoms with Crippen molar-refractivity contribution in [1.82, 2.24) is 10.6 Å². The first-order valence-corrected chi connectivity index (χ1v) is 7.61. The second-order valence-corrected chi connectivity index (χ2v) is 5.79. The van der Waals surface area contributed by atoms with Crippen LogP contribution in [0, 0.1) is 0 Å². The quantitative estimate of drug-likeness (QED) is 0.822. The predicted octanol–water partition coefficient (Wildman–Crippen LogP) is 1.38. The van der Waals surface area contributed by atoms with Crippen LogP contribution in [0.5, 0.6) is 0 Å². The van der Waals surface area contributed by atoms with E-state index in [4.69, 9.17) is 4.74 Å². The number of ether oxygens (including phenoxy) is 1. The topological polar surface area (TPSA) is 50.4 Å². The molecule has 1 aromatic rings. The van der Waals surface area contributed by atoms with Gasteiger partial charge in [-0.3, -0.25) is 10.1 Å². The lowest BCUT2D eigenvalue weighted by atomic mass is 9.74. The number of rotatable bonds is 4. The molecule has 4 heteroatoms. The minimum atomic E-state index is -0.183. The molecule has 1 aromatic carbocycles. The normalized spacial score (nSPS) is 23.9. The lowest BCUT2D eigenvalue weighted by Crippen LogP contribution is -2.48. The van der Waals surface area contributed by atoms with E-state index in [0.29, 0.717) is 6.54 Å². The van der Waals surface area contributed by atoms with Crippen LogP contribution < -0.4 is 10.6 Å². The molecule has 1 fully saturated rings. The molecule has 0 aromatic heterocycles. The van der Waals surface area contributed by atoms with Crippen molar-refractivity contribution in [1.29, 1.82) is 0 Å². The molecule has 2 N–H and O–H groups in total. The van der Waals surface area contributed by atoms with Crippen molar-refractivity contribution >= 4 is 5.91 Å². The summed E-state index contributed by atoms with van der Waals surface area (Å²) in [6.07, 6.45) is 5.82.